The van der Waals surface area contributed by atoms with Gasteiger partial charge in [-0.15, -0.1) is 0 Å². The van der Waals surface area contributed by atoms with Crippen molar-refractivity contribution in [3.8, 4) is 0 Å². The number of nitrogens with zero attached hydrogens (tertiary/aromatic N) is 1. The van der Waals surface area contributed by atoms with E-state index >= 15 is 0 Å². The summed E-state index contributed by atoms with van der Waals surface area (Å²) in [5.41, 5.74) is 3.67. The van der Waals surface area contributed by atoms with Crippen LogP contribution >= 0.6 is 0 Å². The minimum atomic E-state index is -3.57. The van der Waals surface area contributed by atoms with Crippen molar-refractivity contribution in [2.24, 2.45) is 0 Å². The van der Waals surface area contributed by atoms with Crippen molar-refractivity contribution in [2.45, 2.75) is 44.3 Å². The zero-order chi connectivity index (χ0) is 24.7. The van der Waals surface area contributed by atoms with Gasteiger partial charge in [0, 0.05) is 36.7 Å². The molecule has 34 heavy (non-hydrogen) atoms. The first-order valence-electron chi connectivity index (χ1n) is 11.2. The maximum absolute atomic E-state index is 12.6. The first-order valence-corrected chi connectivity index (χ1v) is 12.7. The summed E-state index contributed by atoms with van der Waals surface area (Å²) in [6, 6.07) is 23.6. The van der Waals surface area contributed by atoms with Crippen LogP contribution in [0, 0.1) is 0 Å². The lowest BCUT2D eigenvalue weighted by Crippen LogP contribution is -2.32. The molecule has 3 rings (SSSR count). The lowest BCUT2D eigenvalue weighted by atomic mass is 10.2. The zero-order valence-electron chi connectivity index (χ0n) is 19.9. The summed E-state index contributed by atoms with van der Waals surface area (Å²) in [6.45, 7) is 6.10. The normalized spacial score (nSPS) is 12.3. The second kappa shape index (κ2) is 11.2. The molecule has 0 heterocycles. The van der Waals surface area contributed by atoms with Crippen molar-refractivity contribution in [1.82, 2.24) is 4.72 Å². The van der Waals surface area contributed by atoms with Crippen LogP contribution in [0.1, 0.15) is 26.3 Å². The summed E-state index contributed by atoms with van der Waals surface area (Å²) in [6.07, 6.45) is 0. The van der Waals surface area contributed by atoms with Crippen LogP contribution in [-0.4, -0.2) is 33.5 Å². The molecule has 1 atom stereocenters. The van der Waals surface area contributed by atoms with Gasteiger partial charge in [0.25, 0.3) is 0 Å². The van der Waals surface area contributed by atoms with Crippen LogP contribution in [0.4, 0.5) is 17.1 Å². The highest BCUT2D eigenvalue weighted by molar-refractivity contribution is 7.89. The van der Waals surface area contributed by atoms with Crippen molar-refractivity contribution in [3.63, 3.8) is 0 Å². The molecule has 1 amide bonds. The molecule has 0 aliphatic heterocycles. The van der Waals surface area contributed by atoms with Crippen molar-refractivity contribution < 1.29 is 13.2 Å². The van der Waals surface area contributed by atoms with Gasteiger partial charge in [0.1, 0.15) is 6.04 Å². The Morgan fingerprint density at radius 1 is 0.853 bits per heavy atom. The first-order chi connectivity index (χ1) is 16.1. The maximum Gasteiger partial charge on any atom is 0.246 e. The summed E-state index contributed by atoms with van der Waals surface area (Å²) < 4.78 is 27.0. The molecule has 3 aromatic carbocycles. The van der Waals surface area contributed by atoms with E-state index in [0.29, 0.717) is 5.69 Å². The summed E-state index contributed by atoms with van der Waals surface area (Å²) in [4.78, 5) is 14.9. The summed E-state index contributed by atoms with van der Waals surface area (Å²) >= 11 is 0. The van der Waals surface area contributed by atoms with Crippen molar-refractivity contribution in [1.29, 1.82) is 0 Å². The van der Waals surface area contributed by atoms with Crippen LogP contribution in [0.15, 0.2) is 83.8 Å². The topological polar surface area (TPSA) is 90.5 Å². The van der Waals surface area contributed by atoms with E-state index in [9.17, 15) is 13.2 Å². The Hall–Kier alpha value is -3.36. The molecule has 0 saturated carbocycles. The van der Waals surface area contributed by atoms with E-state index in [1.807, 2.05) is 49.5 Å². The Labute approximate surface area is 202 Å². The largest absolute Gasteiger partial charge is 0.374 e. The van der Waals surface area contributed by atoms with Gasteiger partial charge >= 0.3 is 0 Å². The van der Waals surface area contributed by atoms with Crippen LogP contribution in [-0.2, 0) is 21.4 Å². The molecule has 0 saturated heterocycles. The number of anilines is 3. The van der Waals surface area contributed by atoms with Gasteiger partial charge in [0.15, 0.2) is 0 Å². The minimum Gasteiger partial charge on any atom is -0.374 e. The van der Waals surface area contributed by atoms with Gasteiger partial charge in [-0.1, -0.05) is 30.3 Å². The van der Waals surface area contributed by atoms with E-state index in [-0.39, 0.29) is 16.8 Å². The Morgan fingerprint density at radius 2 is 1.44 bits per heavy atom. The minimum absolute atomic E-state index is 0.155. The third-order valence-corrected chi connectivity index (χ3v) is 6.84. The molecule has 0 aromatic heterocycles. The Balaban J connectivity index is 1.55. The molecular weight excluding hydrogens is 448 g/mol. The Morgan fingerprint density at radius 3 is 2.03 bits per heavy atom. The van der Waals surface area contributed by atoms with Crippen LogP contribution in [0.3, 0.4) is 0 Å². The predicted octanol–water partition coefficient (Wildman–Crippen LogP) is 4.45. The molecule has 0 fully saturated rings. The lowest BCUT2D eigenvalue weighted by Gasteiger charge is -2.21. The molecule has 0 radical (unpaired) electrons. The molecule has 0 bridgehead atoms. The molecule has 0 aliphatic carbocycles. The van der Waals surface area contributed by atoms with Crippen LogP contribution in [0.2, 0.25) is 0 Å². The number of hydrogen-bond donors (Lipinski definition) is 3. The predicted molar refractivity (Wildman–Crippen MR) is 139 cm³/mol. The number of amides is 1. The van der Waals surface area contributed by atoms with Crippen LogP contribution < -0.4 is 20.3 Å². The number of hydrogen-bond acceptors (Lipinski definition) is 5. The number of rotatable bonds is 10. The highest BCUT2D eigenvalue weighted by Gasteiger charge is 2.16. The fraction of sp³-hybridized carbons (Fsp3) is 0.269. The second-order valence-corrected chi connectivity index (χ2v) is 10.3. The van der Waals surface area contributed by atoms with Crippen molar-refractivity contribution >= 4 is 33.0 Å². The molecule has 180 valence electrons. The van der Waals surface area contributed by atoms with E-state index in [2.05, 4.69) is 32.4 Å². The van der Waals surface area contributed by atoms with E-state index in [1.165, 1.54) is 17.7 Å². The Bertz CT molecular complexity index is 1180. The maximum atomic E-state index is 12.6. The SMILES string of the molecule is CC(C)NS(=O)(=O)c1ccc(NC(=O)C(C)Nc2ccc(N(C)Cc3ccccc3)cc2)cc1. The fourth-order valence-electron chi connectivity index (χ4n) is 3.42. The average molecular weight is 481 g/mol. The number of carbonyl (C=O) groups excluding carboxylic acids is 1. The highest BCUT2D eigenvalue weighted by atomic mass is 32.2. The molecule has 7 nitrogen and oxygen atoms in total. The summed E-state index contributed by atoms with van der Waals surface area (Å²) in [5, 5.41) is 6.01. The van der Waals surface area contributed by atoms with Gasteiger partial charge < -0.3 is 15.5 Å². The molecule has 3 N–H and O–H groups in total. The molecular formula is C26H32N4O3S. The van der Waals surface area contributed by atoms with E-state index in [4.69, 9.17) is 0 Å². The number of nitrogens with one attached hydrogen (secondary N) is 3. The van der Waals surface area contributed by atoms with Gasteiger partial charge in [-0.2, -0.15) is 0 Å². The van der Waals surface area contributed by atoms with Crippen LogP contribution in [0.5, 0.6) is 0 Å². The van der Waals surface area contributed by atoms with Gasteiger partial charge in [-0.25, -0.2) is 13.1 Å². The van der Waals surface area contributed by atoms with Gasteiger partial charge in [-0.05, 0) is 74.9 Å². The molecule has 0 aliphatic rings. The van der Waals surface area contributed by atoms with E-state index in [1.54, 1.807) is 32.9 Å². The molecule has 8 heteroatoms. The van der Waals surface area contributed by atoms with Crippen molar-refractivity contribution in [3.05, 3.63) is 84.4 Å². The summed E-state index contributed by atoms with van der Waals surface area (Å²) in [5.74, 6) is -0.221. The van der Waals surface area contributed by atoms with Gasteiger partial charge in [0.05, 0.1) is 4.90 Å². The number of carbonyl (C=O) groups is 1. The Kier molecular flexibility index (Phi) is 8.31. The molecule has 3 aromatic rings. The smallest absolute Gasteiger partial charge is 0.246 e. The zero-order valence-corrected chi connectivity index (χ0v) is 20.8. The van der Waals surface area contributed by atoms with E-state index < -0.39 is 16.1 Å². The summed E-state index contributed by atoms with van der Waals surface area (Å²) in [7, 11) is -1.53. The van der Waals surface area contributed by atoms with Crippen LogP contribution in [0.25, 0.3) is 0 Å². The number of sulfonamides is 1. The first kappa shape index (κ1) is 25.3. The van der Waals surface area contributed by atoms with Gasteiger partial charge in [-0.3, -0.25) is 4.79 Å². The number of benzene rings is 3. The second-order valence-electron chi connectivity index (χ2n) is 8.54. The van der Waals surface area contributed by atoms with Crippen molar-refractivity contribution in [2.75, 3.05) is 22.6 Å². The third-order valence-electron chi connectivity index (χ3n) is 5.17. The average Bonchev–Trinajstić information content (AvgIpc) is 2.79. The molecule has 0 spiro atoms. The standard InChI is InChI=1S/C26H32N4O3S/c1-19(2)29-34(32,33)25-16-12-23(13-17-25)28-26(31)20(3)27-22-10-14-24(15-11-22)30(4)18-21-8-6-5-7-9-21/h5-17,19-20,27,29H,18H2,1-4H3,(H,28,31). The monoisotopic (exact) mass is 480 g/mol. The lowest BCUT2D eigenvalue weighted by molar-refractivity contribution is -0.116. The highest BCUT2D eigenvalue weighted by Crippen LogP contribution is 2.20. The quantitative estimate of drug-likeness (QED) is 0.399. The fourth-order valence-corrected chi connectivity index (χ4v) is 4.67. The molecule has 1 unspecified atom stereocenters. The third kappa shape index (κ3) is 7.07. The van der Waals surface area contributed by atoms with Gasteiger partial charge in [0.2, 0.25) is 15.9 Å². The van der Waals surface area contributed by atoms with E-state index in [0.717, 1.165) is 17.9 Å².